The van der Waals surface area contributed by atoms with Gasteiger partial charge >= 0.3 is 0 Å². The van der Waals surface area contributed by atoms with Crippen LogP contribution in [0.15, 0.2) is 71.8 Å². The highest BCUT2D eigenvalue weighted by atomic mass is 35.5. The van der Waals surface area contributed by atoms with Crippen molar-refractivity contribution >= 4 is 21.6 Å². The van der Waals surface area contributed by atoms with Gasteiger partial charge in [-0.25, -0.2) is 12.8 Å². The summed E-state index contributed by atoms with van der Waals surface area (Å²) < 4.78 is 44.5. The fourth-order valence-corrected chi connectivity index (χ4v) is 5.48. The molecule has 0 N–H and O–H groups in total. The van der Waals surface area contributed by atoms with Crippen molar-refractivity contribution in [3.63, 3.8) is 0 Å². The largest absolute Gasteiger partial charge is 0.348 e. The molecule has 1 unspecified atom stereocenters. The standard InChI is InChI=1S/C19H16ClFN2O2S/c20-15-7-2-4-10-18(15)26(24,25)23-13-12-22-11-5-9-17(22)19(23)14-6-1-3-8-16(14)21/h1-11,19H,12-13H2. The lowest BCUT2D eigenvalue weighted by Gasteiger charge is -2.36. The van der Waals surface area contributed by atoms with Crippen molar-refractivity contribution < 1.29 is 12.8 Å². The van der Waals surface area contributed by atoms with E-state index in [1.165, 1.54) is 16.4 Å². The van der Waals surface area contributed by atoms with E-state index in [9.17, 15) is 12.8 Å². The Balaban J connectivity index is 1.90. The molecule has 0 bridgehead atoms. The number of halogens is 2. The van der Waals surface area contributed by atoms with Gasteiger partial charge in [0.05, 0.1) is 11.1 Å². The zero-order valence-electron chi connectivity index (χ0n) is 13.7. The second-order valence-electron chi connectivity index (χ2n) is 6.10. The lowest BCUT2D eigenvalue weighted by atomic mass is 10.0. The van der Waals surface area contributed by atoms with E-state index < -0.39 is 21.9 Å². The van der Waals surface area contributed by atoms with Crippen LogP contribution in [0.5, 0.6) is 0 Å². The Kier molecular flexibility index (Phi) is 4.34. The molecule has 0 saturated carbocycles. The Hall–Kier alpha value is -2.15. The van der Waals surface area contributed by atoms with Crippen molar-refractivity contribution in [1.82, 2.24) is 8.87 Å². The molecule has 2 aromatic carbocycles. The van der Waals surface area contributed by atoms with Gasteiger partial charge in [-0.2, -0.15) is 4.31 Å². The van der Waals surface area contributed by atoms with Crippen molar-refractivity contribution in [2.75, 3.05) is 6.54 Å². The average molecular weight is 391 g/mol. The van der Waals surface area contributed by atoms with E-state index in [0.717, 1.165) is 5.69 Å². The summed E-state index contributed by atoms with van der Waals surface area (Å²) in [4.78, 5) is 0.0306. The van der Waals surface area contributed by atoms with E-state index in [1.807, 2.05) is 22.9 Å². The summed E-state index contributed by atoms with van der Waals surface area (Å²) in [5.41, 5.74) is 1.06. The van der Waals surface area contributed by atoms with E-state index in [2.05, 4.69) is 0 Å². The minimum atomic E-state index is -3.91. The van der Waals surface area contributed by atoms with Crippen LogP contribution in [0.3, 0.4) is 0 Å². The highest BCUT2D eigenvalue weighted by Crippen LogP contribution is 2.38. The third kappa shape index (κ3) is 2.74. The summed E-state index contributed by atoms with van der Waals surface area (Å²) in [6, 6.07) is 15.5. The molecule has 26 heavy (non-hydrogen) atoms. The van der Waals surface area contributed by atoms with Gasteiger partial charge in [-0.1, -0.05) is 41.9 Å². The molecule has 4 nitrogen and oxygen atoms in total. The smallest absolute Gasteiger partial charge is 0.245 e. The number of hydrogen-bond acceptors (Lipinski definition) is 2. The van der Waals surface area contributed by atoms with Crippen LogP contribution in [-0.2, 0) is 16.6 Å². The molecule has 1 aliphatic heterocycles. The van der Waals surface area contributed by atoms with E-state index in [0.29, 0.717) is 12.1 Å². The number of hydrogen-bond donors (Lipinski definition) is 0. The van der Waals surface area contributed by atoms with Crippen LogP contribution in [0.25, 0.3) is 0 Å². The number of nitrogens with zero attached hydrogens (tertiary/aromatic N) is 2. The van der Waals surface area contributed by atoms with Gasteiger partial charge in [-0.05, 0) is 30.3 Å². The topological polar surface area (TPSA) is 42.3 Å². The third-order valence-corrected chi connectivity index (χ3v) is 6.98. The van der Waals surface area contributed by atoms with Gasteiger partial charge in [0.1, 0.15) is 10.7 Å². The second-order valence-corrected chi connectivity index (χ2v) is 8.36. The SMILES string of the molecule is O=S(=O)(c1ccccc1Cl)N1CCn2cccc2C1c1ccccc1F. The number of benzene rings is 2. The van der Waals surface area contributed by atoms with Crippen LogP contribution in [0, 0.1) is 5.82 Å². The van der Waals surface area contributed by atoms with E-state index >= 15 is 0 Å². The molecule has 134 valence electrons. The first-order valence-corrected chi connectivity index (χ1v) is 9.98. The van der Waals surface area contributed by atoms with E-state index in [-0.39, 0.29) is 16.5 Å². The molecule has 0 fully saturated rings. The summed E-state index contributed by atoms with van der Waals surface area (Å²) in [5.74, 6) is -0.438. The molecule has 1 aromatic heterocycles. The summed E-state index contributed by atoms with van der Waals surface area (Å²) in [5, 5.41) is 0.153. The van der Waals surface area contributed by atoms with Gasteiger partial charge in [0.15, 0.2) is 0 Å². The Morgan fingerprint density at radius 3 is 2.46 bits per heavy atom. The van der Waals surface area contributed by atoms with Crippen molar-refractivity contribution in [2.24, 2.45) is 0 Å². The van der Waals surface area contributed by atoms with Crippen LogP contribution in [-0.4, -0.2) is 23.8 Å². The Bertz CT molecular complexity index is 1060. The molecule has 0 aliphatic carbocycles. The Morgan fingerprint density at radius 1 is 0.962 bits per heavy atom. The van der Waals surface area contributed by atoms with Crippen molar-refractivity contribution in [3.8, 4) is 0 Å². The fourth-order valence-electron chi connectivity index (χ4n) is 3.41. The zero-order valence-corrected chi connectivity index (χ0v) is 15.3. The predicted molar refractivity (Wildman–Crippen MR) is 98.0 cm³/mol. The Labute approximate surface area is 156 Å². The van der Waals surface area contributed by atoms with Crippen LogP contribution >= 0.6 is 11.6 Å². The molecular formula is C19H16ClFN2O2S. The predicted octanol–water partition coefficient (Wildman–Crippen LogP) is 4.07. The number of rotatable bonds is 3. The first-order valence-electron chi connectivity index (χ1n) is 8.16. The van der Waals surface area contributed by atoms with Gasteiger partial charge in [0.2, 0.25) is 10.0 Å². The fraction of sp³-hybridized carbons (Fsp3) is 0.158. The summed E-state index contributed by atoms with van der Waals surface area (Å²) in [7, 11) is -3.91. The maximum atomic E-state index is 14.6. The van der Waals surface area contributed by atoms with Crippen LogP contribution in [0.1, 0.15) is 17.3 Å². The first kappa shape index (κ1) is 17.3. The van der Waals surface area contributed by atoms with Crippen molar-refractivity contribution in [3.05, 3.63) is 89.0 Å². The highest BCUT2D eigenvalue weighted by Gasteiger charge is 2.39. The van der Waals surface area contributed by atoms with E-state index in [4.69, 9.17) is 11.6 Å². The molecule has 0 amide bonds. The number of sulfonamides is 1. The lowest BCUT2D eigenvalue weighted by Crippen LogP contribution is -2.42. The summed E-state index contributed by atoms with van der Waals surface area (Å²) in [6.45, 7) is 0.727. The first-order chi connectivity index (χ1) is 12.5. The monoisotopic (exact) mass is 390 g/mol. The molecule has 7 heteroatoms. The van der Waals surface area contributed by atoms with E-state index in [1.54, 1.807) is 36.4 Å². The average Bonchev–Trinajstić information content (AvgIpc) is 3.10. The molecule has 3 aromatic rings. The normalized spacial score (nSPS) is 17.8. The second kappa shape index (κ2) is 6.54. The molecule has 2 heterocycles. The van der Waals surface area contributed by atoms with Crippen LogP contribution < -0.4 is 0 Å². The molecular weight excluding hydrogens is 375 g/mol. The van der Waals surface area contributed by atoms with Gasteiger partial charge in [-0.15, -0.1) is 0 Å². The Morgan fingerprint density at radius 2 is 1.69 bits per heavy atom. The van der Waals surface area contributed by atoms with Gasteiger partial charge in [0.25, 0.3) is 0 Å². The molecule has 0 radical (unpaired) electrons. The minimum absolute atomic E-state index is 0.0306. The summed E-state index contributed by atoms with van der Waals surface area (Å²) in [6.07, 6.45) is 1.88. The van der Waals surface area contributed by atoms with Crippen molar-refractivity contribution in [1.29, 1.82) is 0 Å². The lowest BCUT2D eigenvalue weighted by molar-refractivity contribution is 0.293. The highest BCUT2D eigenvalue weighted by molar-refractivity contribution is 7.89. The van der Waals surface area contributed by atoms with Gasteiger partial charge in [-0.3, -0.25) is 0 Å². The maximum Gasteiger partial charge on any atom is 0.245 e. The molecule has 0 saturated heterocycles. The molecule has 0 spiro atoms. The number of fused-ring (bicyclic) bond motifs is 1. The van der Waals surface area contributed by atoms with Gasteiger partial charge in [0, 0.05) is 30.5 Å². The maximum absolute atomic E-state index is 14.6. The minimum Gasteiger partial charge on any atom is -0.348 e. The molecule has 4 rings (SSSR count). The third-order valence-electron chi connectivity index (χ3n) is 4.62. The summed E-state index contributed by atoms with van der Waals surface area (Å²) >= 11 is 6.15. The molecule has 1 atom stereocenters. The van der Waals surface area contributed by atoms with Crippen LogP contribution in [0.4, 0.5) is 4.39 Å². The number of aromatic nitrogens is 1. The van der Waals surface area contributed by atoms with Gasteiger partial charge < -0.3 is 4.57 Å². The zero-order chi connectivity index (χ0) is 18.3. The molecule has 1 aliphatic rings. The quantitative estimate of drug-likeness (QED) is 0.676. The van der Waals surface area contributed by atoms with Crippen molar-refractivity contribution in [2.45, 2.75) is 17.5 Å². The van der Waals surface area contributed by atoms with Crippen LogP contribution in [0.2, 0.25) is 5.02 Å².